The summed E-state index contributed by atoms with van der Waals surface area (Å²) in [6.45, 7) is 3.02. The van der Waals surface area contributed by atoms with Crippen LogP contribution >= 0.6 is 0 Å². The van der Waals surface area contributed by atoms with Gasteiger partial charge in [0.15, 0.2) is 6.61 Å². The second-order valence-electron chi connectivity index (χ2n) is 5.09. The lowest BCUT2D eigenvalue weighted by molar-refractivity contribution is -0.142. The van der Waals surface area contributed by atoms with Gasteiger partial charge in [-0.25, -0.2) is 13.2 Å². The molecule has 23 heavy (non-hydrogen) atoms. The fourth-order valence-electron chi connectivity index (χ4n) is 1.79. The van der Waals surface area contributed by atoms with E-state index < -0.39 is 27.8 Å². The third-order valence-corrected chi connectivity index (χ3v) is 4.89. The van der Waals surface area contributed by atoms with E-state index in [-0.39, 0.29) is 24.5 Å². The molecule has 0 aliphatic heterocycles. The second-order valence-corrected chi connectivity index (χ2v) is 7.56. The van der Waals surface area contributed by atoms with Crippen molar-refractivity contribution >= 4 is 21.7 Å². The number of benzene rings is 1. The molecule has 128 valence electrons. The van der Waals surface area contributed by atoms with Gasteiger partial charge in [-0.05, 0) is 31.0 Å². The smallest absolute Gasteiger partial charge is 0.326 e. The van der Waals surface area contributed by atoms with Crippen LogP contribution in [0.25, 0.3) is 0 Å². The molecule has 7 nitrogen and oxygen atoms in total. The molecule has 8 heteroatoms. The third kappa shape index (κ3) is 7.14. The molecule has 1 amide bonds. The number of carbonyl (C=O) groups excluding carboxylic acids is 1. The van der Waals surface area contributed by atoms with Crippen molar-refractivity contribution in [3.8, 4) is 5.75 Å². The van der Waals surface area contributed by atoms with Crippen molar-refractivity contribution in [3.63, 3.8) is 0 Å². The van der Waals surface area contributed by atoms with Gasteiger partial charge in [0, 0.05) is 5.75 Å². The molecular formula is C15H21NO6S. The Hall–Kier alpha value is -2.09. The molecule has 1 atom stereocenters. The zero-order valence-electron chi connectivity index (χ0n) is 13.1. The maximum Gasteiger partial charge on any atom is 0.326 e. The molecule has 0 aromatic heterocycles. The van der Waals surface area contributed by atoms with Gasteiger partial charge in [-0.3, -0.25) is 4.79 Å². The van der Waals surface area contributed by atoms with Crippen molar-refractivity contribution in [3.05, 3.63) is 29.8 Å². The van der Waals surface area contributed by atoms with E-state index >= 15 is 0 Å². The van der Waals surface area contributed by atoms with Gasteiger partial charge >= 0.3 is 5.97 Å². The first-order valence-electron chi connectivity index (χ1n) is 7.15. The highest BCUT2D eigenvalue weighted by molar-refractivity contribution is 7.91. The first-order valence-corrected chi connectivity index (χ1v) is 8.97. The van der Waals surface area contributed by atoms with Gasteiger partial charge in [-0.1, -0.05) is 19.1 Å². The van der Waals surface area contributed by atoms with Crippen molar-refractivity contribution < 1.29 is 27.9 Å². The Morgan fingerprint density at radius 3 is 2.61 bits per heavy atom. The molecule has 0 saturated carbocycles. The molecule has 0 spiro atoms. The van der Waals surface area contributed by atoms with E-state index in [1.165, 1.54) is 6.92 Å². The molecule has 1 unspecified atom stereocenters. The van der Waals surface area contributed by atoms with Gasteiger partial charge in [0.1, 0.15) is 21.6 Å². The molecule has 1 rings (SSSR count). The minimum atomic E-state index is -3.29. The number of aryl methyl sites for hydroxylation is 1. The highest BCUT2D eigenvalue weighted by atomic mass is 32.2. The third-order valence-electron chi connectivity index (χ3n) is 3.15. The Morgan fingerprint density at radius 1 is 1.35 bits per heavy atom. The molecule has 0 aliphatic rings. The van der Waals surface area contributed by atoms with Crippen molar-refractivity contribution in [1.82, 2.24) is 5.32 Å². The van der Waals surface area contributed by atoms with Crippen LogP contribution in [0.3, 0.4) is 0 Å². The largest absolute Gasteiger partial charge is 0.484 e. The van der Waals surface area contributed by atoms with Crippen LogP contribution in [-0.4, -0.2) is 49.6 Å². The van der Waals surface area contributed by atoms with Gasteiger partial charge in [0.25, 0.3) is 5.91 Å². The van der Waals surface area contributed by atoms with Crippen LogP contribution in [0.15, 0.2) is 24.3 Å². The molecule has 1 aromatic rings. The normalized spacial score (nSPS) is 12.4. The number of nitrogens with one attached hydrogen (secondary N) is 1. The number of rotatable bonds is 9. The molecule has 0 aliphatic carbocycles. The van der Waals surface area contributed by atoms with Crippen LogP contribution < -0.4 is 10.1 Å². The first kappa shape index (κ1) is 19.0. The highest BCUT2D eigenvalue weighted by Gasteiger charge is 2.22. The number of hydrogen-bond donors (Lipinski definition) is 2. The van der Waals surface area contributed by atoms with Crippen LogP contribution in [0.5, 0.6) is 5.75 Å². The Kier molecular flexibility index (Phi) is 7.02. The van der Waals surface area contributed by atoms with Crippen LogP contribution in [-0.2, 0) is 19.4 Å². The lowest BCUT2D eigenvalue weighted by Crippen LogP contribution is -2.44. The number of hydrogen-bond acceptors (Lipinski definition) is 5. The van der Waals surface area contributed by atoms with E-state index in [1.807, 2.05) is 13.0 Å². The molecule has 0 bridgehead atoms. The molecule has 0 saturated heterocycles. The summed E-state index contributed by atoms with van der Waals surface area (Å²) in [6.07, 6.45) is -0.179. The maximum absolute atomic E-state index is 11.8. The maximum atomic E-state index is 11.8. The quantitative estimate of drug-likeness (QED) is 0.685. The van der Waals surface area contributed by atoms with Gasteiger partial charge in [0.2, 0.25) is 0 Å². The number of ether oxygens (including phenoxy) is 1. The summed E-state index contributed by atoms with van der Waals surface area (Å²) in [4.78, 5) is 22.9. The topological polar surface area (TPSA) is 110 Å². The van der Waals surface area contributed by atoms with Crippen LogP contribution in [0.2, 0.25) is 0 Å². The van der Waals surface area contributed by atoms with Crippen molar-refractivity contribution in [2.45, 2.75) is 26.3 Å². The number of sulfone groups is 1. The van der Waals surface area contributed by atoms with Crippen LogP contribution in [0.1, 0.15) is 18.9 Å². The standard InChI is InChI=1S/C15H21NO6S/c1-3-23(20,21)8-7-13(15(18)19)16-14(17)10-22-12-6-4-5-11(2)9-12/h4-6,9,13H,3,7-8,10H2,1-2H3,(H,16,17)(H,18,19). The van der Waals surface area contributed by atoms with E-state index in [2.05, 4.69) is 5.32 Å². The predicted molar refractivity (Wildman–Crippen MR) is 85.2 cm³/mol. The zero-order valence-corrected chi connectivity index (χ0v) is 13.9. The van der Waals surface area contributed by atoms with E-state index in [9.17, 15) is 18.0 Å². The fraction of sp³-hybridized carbons (Fsp3) is 0.467. The summed E-state index contributed by atoms with van der Waals surface area (Å²) in [7, 11) is -3.29. The number of carboxylic acid groups (broad SMARTS) is 1. The number of carboxylic acids is 1. The van der Waals surface area contributed by atoms with Gasteiger partial charge < -0.3 is 15.2 Å². The Labute approximate surface area is 135 Å². The molecule has 1 aromatic carbocycles. The van der Waals surface area contributed by atoms with Crippen LogP contribution in [0, 0.1) is 6.92 Å². The lowest BCUT2D eigenvalue weighted by atomic mass is 10.2. The molecule has 2 N–H and O–H groups in total. The van der Waals surface area contributed by atoms with Gasteiger partial charge in [-0.2, -0.15) is 0 Å². The predicted octanol–water partition coefficient (Wildman–Crippen LogP) is 0.768. The number of amides is 1. The lowest BCUT2D eigenvalue weighted by Gasteiger charge is -2.15. The van der Waals surface area contributed by atoms with Gasteiger partial charge in [-0.15, -0.1) is 0 Å². The number of aliphatic carboxylic acids is 1. The Morgan fingerprint density at radius 2 is 2.04 bits per heavy atom. The minimum Gasteiger partial charge on any atom is -0.484 e. The summed E-state index contributed by atoms with van der Waals surface area (Å²) in [5.74, 6) is -1.75. The van der Waals surface area contributed by atoms with Crippen LogP contribution in [0.4, 0.5) is 0 Å². The second kappa shape index (κ2) is 8.52. The van der Waals surface area contributed by atoms with E-state index in [0.29, 0.717) is 5.75 Å². The van der Waals surface area contributed by atoms with E-state index in [1.54, 1.807) is 18.2 Å². The van der Waals surface area contributed by atoms with Crippen molar-refractivity contribution in [2.75, 3.05) is 18.1 Å². The molecule has 0 heterocycles. The Bertz CT molecular complexity index is 656. The van der Waals surface area contributed by atoms with Crippen molar-refractivity contribution in [1.29, 1.82) is 0 Å². The molecule has 0 radical (unpaired) electrons. The average molecular weight is 343 g/mol. The van der Waals surface area contributed by atoms with Crippen molar-refractivity contribution in [2.24, 2.45) is 0 Å². The summed E-state index contributed by atoms with van der Waals surface area (Å²) in [5.41, 5.74) is 0.969. The summed E-state index contributed by atoms with van der Waals surface area (Å²) < 4.78 is 28.1. The highest BCUT2D eigenvalue weighted by Crippen LogP contribution is 2.12. The zero-order chi connectivity index (χ0) is 17.5. The van der Waals surface area contributed by atoms with E-state index in [4.69, 9.17) is 9.84 Å². The molecule has 0 fully saturated rings. The Balaban J connectivity index is 2.52. The SMILES string of the molecule is CCS(=O)(=O)CCC(NC(=O)COc1cccc(C)c1)C(=O)O. The summed E-state index contributed by atoms with van der Waals surface area (Å²) in [6, 6.07) is 5.82. The fourth-order valence-corrected chi connectivity index (χ4v) is 2.67. The average Bonchev–Trinajstić information content (AvgIpc) is 2.49. The monoisotopic (exact) mass is 343 g/mol. The summed E-state index contributed by atoms with van der Waals surface area (Å²) >= 11 is 0. The van der Waals surface area contributed by atoms with E-state index in [0.717, 1.165) is 5.56 Å². The minimum absolute atomic E-state index is 0.0657. The number of carbonyl (C=O) groups is 2. The first-order chi connectivity index (χ1) is 10.7. The van der Waals surface area contributed by atoms with Gasteiger partial charge in [0.05, 0.1) is 5.75 Å². The molecular weight excluding hydrogens is 322 g/mol. The summed E-state index contributed by atoms with van der Waals surface area (Å²) in [5, 5.41) is 11.3.